The molecule has 9 heteroatoms. The van der Waals surface area contributed by atoms with Crippen LogP contribution in [0.25, 0.3) is 6.08 Å². The minimum absolute atomic E-state index is 0.0106. The largest absolute Gasteiger partial charge is 0.496 e. The summed E-state index contributed by atoms with van der Waals surface area (Å²) >= 11 is 0. The molecule has 0 saturated carbocycles. The zero-order chi connectivity index (χ0) is 20.3. The summed E-state index contributed by atoms with van der Waals surface area (Å²) in [4.78, 5) is 37.8. The molecule has 1 aliphatic rings. The van der Waals surface area contributed by atoms with E-state index in [9.17, 15) is 19.7 Å². The lowest BCUT2D eigenvalue weighted by molar-refractivity contribution is -0.384. The van der Waals surface area contributed by atoms with Crippen molar-refractivity contribution in [3.63, 3.8) is 0 Å². The van der Waals surface area contributed by atoms with Gasteiger partial charge >= 0.3 is 11.9 Å². The van der Waals surface area contributed by atoms with Gasteiger partial charge in [0.25, 0.3) is 5.69 Å². The Labute approximate surface area is 159 Å². The Kier molecular flexibility index (Phi) is 5.16. The van der Waals surface area contributed by atoms with Crippen LogP contribution in [0, 0.1) is 10.1 Å². The van der Waals surface area contributed by atoms with Crippen molar-refractivity contribution < 1.29 is 28.7 Å². The second-order valence-electron chi connectivity index (χ2n) is 5.64. The van der Waals surface area contributed by atoms with Gasteiger partial charge in [0.2, 0.25) is 5.90 Å². The molecule has 0 bridgehead atoms. The first kappa shape index (κ1) is 18.8. The summed E-state index contributed by atoms with van der Waals surface area (Å²) < 4.78 is 15.3. The molecule has 0 fully saturated rings. The Morgan fingerprint density at radius 2 is 2.04 bits per heavy atom. The lowest BCUT2D eigenvalue weighted by Crippen LogP contribution is -2.07. The molecule has 142 valence electrons. The summed E-state index contributed by atoms with van der Waals surface area (Å²) in [5, 5.41) is 11.0. The third-order valence-electron chi connectivity index (χ3n) is 3.67. The van der Waals surface area contributed by atoms with Crippen molar-refractivity contribution in [3.05, 3.63) is 69.4 Å². The van der Waals surface area contributed by atoms with Gasteiger partial charge in [0.15, 0.2) is 5.70 Å². The maximum atomic E-state index is 12.2. The summed E-state index contributed by atoms with van der Waals surface area (Å²) in [6.45, 7) is 1.28. The van der Waals surface area contributed by atoms with Crippen molar-refractivity contribution in [1.29, 1.82) is 0 Å². The number of hydrogen-bond donors (Lipinski definition) is 0. The standard InChI is InChI=1S/C19H14N2O7/c1-11(22)27-14-5-3-4-12(8-14)9-16-19(23)28-18(20-16)15-10-13(21(24)25)6-7-17(15)26-2/h3-10H,1-2H3. The molecule has 0 spiro atoms. The molecule has 2 aromatic rings. The molecule has 2 aromatic carbocycles. The average Bonchev–Trinajstić information content (AvgIpc) is 3.01. The highest BCUT2D eigenvalue weighted by atomic mass is 16.6. The smallest absolute Gasteiger partial charge is 0.363 e. The number of carbonyl (C=O) groups is 2. The number of nitrogens with zero attached hydrogens (tertiary/aromatic N) is 2. The van der Waals surface area contributed by atoms with Gasteiger partial charge in [-0.2, -0.15) is 0 Å². The zero-order valence-corrected chi connectivity index (χ0v) is 14.9. The van der Waals surface area contributed by atoms with Gasteiger partial charge in [-0.15, -0.1) is 0 Å². The van der Waals surface area contributed by atoms with Gasteiger partial charge in [-0.1, -0.05) is 12.1 Å². The fourth-order valence-electron chi connectivity index (χ4n) is 2.49. The number of cyclic esters (lactones) is 1. The van der Waals surface area contributed by atoms with E-state index in [0.717, 1.165) is 0 Å². The molecule has 1 aliphatic heterocycles. The molecule has 9 nitrogen and oxygen atoms in total. The first-order valence-electron chi connectivity index (χ1n) is 8.01. The van der Waals surface area contributed by atoms with Gasteiger partial charge in [-0.05, 0) is 29.8 Å². The molecule has 3 rings (SSSR count). The minimum atomic E-state index is -0.721. The van der Waals surface area contributed by atoms with E-state index < -0.39 is 16.9 Å². The fourth-order valence-corrected chi connectivity index (χ4v) is 2.49. The Morgan fingerprint density at radius 1 is 1.25 bits per heavy atom. The van der Waals surface area contributed by atoms with Crippen LogP contribution in [0.15, 0.2) is 53.2 Å². The molecular weight excluding hydrogens is 368 g/mol. The first-order valence-corrected chi connectivity index (χ1v) is 8.01. The van der Waals surface area contributed by atoms with Gasteiger partial charge in [-0.25, -0.2) is 9.79 Å². The van der Waals surface area contributed by atoms with Gasteiger partial charge in [0, 0.05) is 19.1 Å². The summed E-state index contributed by atoms with van der Waals surface area (Å²) in [6.07, 6.45) is 1.45. The van der Waals surface area contributed by atoms with Crippen molar-refractivity contribution in [2.75, 3.05) is 7.11 Å². The third-order valence-corrected chi connectivity index (χ3v) is 3.67. The van der Waals surface area contributed by atoms with E-state index in [1.165, 1.54) is 38.3 Å². The maximum Gasteiger partial charge on any atom is 0.363 e. The highest BCUT2D eigenvalue weighted by Crippen LogP contribution is 2.29. The average molecular weight is 382 g/mol. The molecule has 0 atom stereocenters. The summed E-state index contributed by atoms with van der Waals surface area (Å²) in [5.74, 6) is -0.703. The quantitative estimate of drug-likeness (QED) is 0.256. The summed E-state index contributed by atoms with van der Waals surface area (Å²) in [6, 6.07) is 10.4. The number of benzene rings is 2. The van der Waals surface area contributed by atoms with Crippen molar-refractivity contribution in [2.24, 2.45) is 4.99 Å². The van der Waals surface area contributed by atoms with Gasteiger partial charge in [0.05, 0.1) is 17.6 Å². The van der Waals surface area contributed by atoms with E-state index in [4.69, 9.17) is 14.2 Å². The number of ether oxygens (including phenoxy) is 3. The number of esters is 2. The van der Waals surface area contributed by atoms with E-state index in [1.54, 1.807) is 24.3 Å². The molecule has 1 heterocycles. The predicted octanol–water partition coefficient (Wildman–Crippen LogP) is 2.87. The van der Waals surface area contributed by atoms with Crippen molar-refractivity contribution in [1.82, 2.24) is 0 Å². The van der Waals surface area contributed by atoms with Crippen molar-refractivity contribution in [3.8, 4) is 11.5 Å². The third kappa shape index (κ3) is 4.04. The van der Waals surface area contributed by atoms with Crippen LogP contribution in [0.2, 0.25) is 0 Å². The number of nitro benzene ring substituents is 1. The van der Waals surface area contributed by atoms with Crippen LogP contribution >= 0.6 is 0 Å². The molecule has 0 unspecified atom stereocenters. The fraction of sp³-hybridized carbons (Fsp3) is 0.105. The van der Waals surface area contributed by atoms with Crippen LogP contribution in [0.4, 0.5) is 5.69 Å². The number of methoxy groups -OCH3 is 1. The lowest BCUT2D eigenvalue weighted by atomic mass is 10.1. The predicted molar refractivity (Wildman–Crippen MR) is 98.0 cm³/mol. The van der Waals surface area contributed by atoms with Gasteiger partial charge < -0.3 is 14.2 Å². The highest BCUT2D eigenvalue weighted by Gasteiger charge is 2.27. The molecule has 0 saturated heterocycles. The SMILES string of the molecule is COc1ccc([N+](=O)[O-])cc1C1=NC(=Cc2cccc(OC(C)=O)c2)C(=O)O1. The van der Waals surface area contributed by atoms with Crippen molar-refractivity contribution >= 4 is 29.6 Å². The molecule has 0 aromatic heterocycles. The molecular formula is C19H14N2O7. The maximum absolute atomic E-state index is 12.2. The number of hydrogen-bond acceptors (Lipinski definition) is 8. The van der Waals surface area contributed by atoms with E-state index in [0.29, 0.717) is 11.3 Å². The Balaban J connectivity index is 1.97. The molecule has 0 N–H and O–H groups in total. The molecule has 0 aliphatic carbocycles. The number of non-ortho nitro benzene ring substituents is 1. The number of aliphatic imine (C=N–C) groups is 1. The second-order valence-corrected chi connectivity index (χ2v) is 5.64. The van der Waals surface area contributed by atoms with Crippen LogP contribution in [0.1, 0.15) is 18.1 Å². The van der Waals surface area contributed by atoms with Crippen LogP contribution in [-0.2, 0) is 14.3 Å². The normalized spacial score (nSPS) is 14.4. The van der Waals surface area contributed by atoms with E-state index >= 15 is 0 Å². The van der Waals surface area contributed by atoms with Crippen LogP contribution < -0.4 is 9.47 Å². The first-order chi connectivity index (χ1) is 13.4. The lowest BCUT2D eigenvalue weighted by Gasteiger charge is -2.06. The van der Waals surface area contributed by atoms with Crippen LogP contribution in [-0.4, -0.2) is 29.9 Å². The summed E-state index contributed by atoms with van der Waals surface area (Å²) in [7, 11) is 1.39. The Hall–Kier alpha value is -4.01. The van der Waals surface area contributed by atoms with Gasteiger partial charge in [-0.3, -0.25) is 14.9 Å². The van der Waals surface area contributed by atoms with Crippen LogP contribution in [0.3, 0.4) is 0 Å². The molecule has 0 amide bonds. The monoisotopic (exact) mass is 382 g/mol. The number of rotatable bonds is 5. The molecule has 0 radical (unpaired) electrons. The minimum Gasteiger partial charge on any atom is -0.496 e. The topological polar surface area (TPSA) is 117 Å². The summed E-state index contributed by atoms with van der Waals surface area (Å²) in [5.41, 5.74) is 0.536. The van der Waals surface area contributed by atoms with E-state index in [2.05, 4.69) is 4.99 Å². The van der Waals surface area contributed by atoms with E-state index in [1.807, 2.05) is 0 Å². The number of nitro groups is 1. The van der Waals surface area contributed by atoms with Crippen LogP contribution in [0.5, 0.6) is 11.5 Å². The Morgan fingerprint density at radius 3 is 2.71 bits per heavy atom. The number of carbonyl (C=O) groups excluding carboxylic acids is 2. The van der Waals surface area contributed by atoms with E-state index in [-0.39, 0.29) is 28.6 Å². The van der Waals surface area contributed by atoms with Crippen molar-refractivity contribution in [2.45, 2.75) is 6.92 Å². The Bertz CT molecular complexity index is 1040. The second kappa shape index (κ2) is 7.70. The van der Waals surface area contributed by atoms with Gasteiger partial charge in [0.1, 0.15) is 11.5 Å². The highest BCUT2D eigenvalue weighted by molar-refractivity contribution is 6.14. The zero-order valence-electron chi connectivity index (χ0n) is 14.9. The molecule has 28 heavy (non-hydrogen) atoms.